The highest BCUT2D eigenvalue weighted by Gasteiger charge is 2.26. The number of hydrogen-bond donors (Lipinski definition) is 1. The highest BCUT2D eigenvalue weighted by atomic mass is 35.5. The molecule has 0 saturated carbocycles. The van der Waals surface area contributed by atoms with Crippen LogP contribution in [-0.4, -0.2) is 19.9 Å². The summed E-state index contributed by atoms with van der Waals surface area (Å²) in [6.45, 7) is 4.36. The van der Waals surface area contributed by atoms with Crippen molar-refractivity contribution in [2.45, 2.75) is 19.3 Å². The van der Waals surface area contributed by atoms with E-state index in [4.69, 9.17) is 21.1 Å². The predicted octanol–water partition coefficient (Wildman–Crippen LogP) is 2.45. The quantitative estimate of drug-likeness (QED) is 0.817. The fourth-order valence-electron chi connectivity index (χ4n) is 2.43. The lowest BCUT2D eigenvalue weighted by atomic mass is 9.96. The molecule has 0 bridgehead atoms. The molecule has 3 rings (SSSR count). The highest BCUT2D eigenvalue weighted by Crippen LogP contribution is 2.44. The van der Waals surface area contributed by atoms with Gasteiger partial charge in [0.15, 0.2) is 11.5 Å². The minimum absolute atomic E-state index is 0.304. The zero-order chi connectivity index (χ0) is 11.1. The topological polar surface area (TPSA) is 30.5 Å². The predicted molar refractivity (Wildman–Crippen MR) is 62.5 cm³/mol. The van der Waals surface area contributed by atoms with E-state index >= 15 is 0 Å². The third kappa shape index (κ3) is 1.46. The Balaban J connectivity index is 2.08. The molecule has 2 aliphatic rings. The Morgan fingerprint density at radius 1 is 1.44 bits per heavy atom. The van der Waals surface area contributed by atoms with E-state index in [0.717, 1.165) is 41.6 Å². The molecule has 1 saturated heterocycles. The molecule has 1 unspecified atom stereocenters. The summed E-state index contributed by atoms with van der Waals surface area (Å²) in [5.41, 5.74) is 2.19. The third-order valence-corrected chi connectivity index (χ3v) is 3.85. The first kappa shape index (κ1) is 10.2. The second kappa shape index (κ2) is 3.82. The van der Waals surface area contributed by atoms with E-state index in [2.05, 4.69) is 5.32 Å². The first-order chi connectivity index (χ1) is 7.77. The van der Waals surface area contributed by atoms with Crippen molar-refractivity contribution >= 4 is 11.6 Å². The first-order valence-corrected chi connectivity index (χ1v) is 5.94. The molecule has 1 fully saturated rings. The molecule has 1 N–H and O–H groups in total. The monoisotopic (exact) mass is 239 g/mol. The Morgan fingerprint density at radius 3 is 3.06 bits per heavy atom. The Bertz CT molecular complexity index is 428. The molecule has 0 aromatic heterocycles. The van der Waals surface area contributed by atoms with Crippen LogP contribution in [0.2, 0.25) is 5.02 Å². The Morgan fingerprint density at radius 2 is 2.31 bits per heavy atom. The van der Waals surface area contributed by atoms with Gasteiger partial charge in [-0.3, -0.25) is 0 Å². The largest absolute Gasteiger partial charge is 0.454 e. The van der Waals surface area contributed by atoms with Crippen LogP contribution in [-0.2, 0) is 0 Å². The maximum atomic E-state index is 6.39. The SMILES string of the molecule is Cc1c(Cl)c(C2CCNC2)cc2c1OCO2. The molecule has 4 heteroatoms. The second-order valence-electron chi connectivity index (χ2n) is 4.33. The third-order valence-electron chi connectivity index (χ3n) is 3.35. The molecule has 1 aromatic carbocycles. The summed E-state index contributed by atoms with van der Waals surface area (Å²) in [6, 6.07) is 2.04. The van der Waals surface area contributed by atoms with Crippen LogP contribution in [0.15, 0.2) is 6.07 Å². The molecule has 0 radical (unpaired) electrons. The first-order valence-electron chi connectivity index (χ1n) is 5.56. The van der Waals surface area contributed by atoms with Crippen LogP contribution in [0.4, 0.5) is 0 Å². The van der Waals surface area contributed by atoms with Crippen LogP contribution < -0.4 is 14.8 Å². The Labute approximate surface area is 99.7 Å². The summed E-state index contributed by atoms with van der Waals surface area (Å²) in [7, 11) is 0. The maximum absolute atomic E-state index is 6.39. The molecule has 0 aliphatic carbocycles. The van der Waals surface area contributed by atoms with Crippen molar-refractivity contribution in [2.24, 2.45) is 0 Å². The molecule has 0 amide bonds. The van der Waals surface area contributed by atoms with Crippen LogP contribution in [0, 0.1) is 6.92 Å². The van der Waals surface area contributed by atoms with Crippen molar-refractivity contribution < 1.29 is 9.47 Å². The highest BCUT2D eigenvalue weighted by molar-refractivity contribution is 6.32. The molecular formula is C12H14ClNO2. The molecule has 1 atom stereocenters. The van der Waals surface area contributed by atoms with Crippen LogP contribution in [0.1, 0.15) is 23.5 Å². The van der Waals surface area contributed by atoms with Crippen molar-refractivity contribution in [3.8, 4) is 11.5 Å². The smallest absolute Gasteiger partial charge is 0.231 e. The minimum Gasteiger partial charge on any atom is -0.454 e. The van der Waals surface area contributed by atoms with Crippen LogP contribution in [0.25, 0.3) is 0 Å². The summed E-state index contributed by atoms with van der Waals surface area (Å²) in [4.78, 5) is 0. The fourth-order valence-corrected chi connectivity index (χ4v) is 2.72. The van der Waals surface area contributed by atoms with Crippen molar-refractivity contribution in [1.29, 1.82) is 0 Å². The minimum atomic E-state index is 0.304. The van der Waals surface area contributed by atoms with Crippen molar-refractivity contribution in [1.82, 2.24) is 5.32 Å². The second-order valence-corrected chi connectivity index (χ2v) is 4.71. The van der Waals surface area contributed by atoms with Gasteiger partial charge in [-0.25, -0.2) is 0 Å². The van der Waals surface area contributed by atoms with Gasteiger partial charge in [-0.15, -0.1) is 0 Å². The lowest BCUT2D eigenvalue weighted by Crippen LogP contribution is -2.08. The van der Waals surface area contributed by atoms with E-state index in [1.54, 1.807) is 0 Å². The van der Waals surface area contributed by atoms with Gasteiger partial charge in [-0.1, -0.05) is 11.6 Å². The van der Waals surface area contributed by atoms with Gasteiger partial charge in [0.2, 0.25) is 6.79 Å². The van der Waals surface area contributed by atoms with Crippen molar-refractivity contribution in [3.63, 3.8) is 0 Å². The standard InChI is InChI=1S/C12H14ClNO2/c1-7-11(13)9(8-2-3-14-5-8)4-10-12(7)16-6-15-10/h4,8,14H,2-3,5-6H2,1H3. The van der Waals surface area contributed by atoms with Crippen molar-refractivity contribution in [2.75, 3.05) is 19.9 Å². The van der Waals surface area contributed by atoms with E-state index in [0.29, 0.717) is 12.7 Å². The van der Waals surface area contributed by atoms with Gasteiger partial charge in [-0.05, 0) is 37.4 Å². The molecule has 0 spiro atoms. The van der Waals surface area contributed by atoms with Gasteiger partial charge in [0, 0.05) is 12.1 Å². The summed E-state index contributed by atoms with van der Waals surface area (Å²) >= 11 is 6.39. The number of rotatable bonds is 1. The van der Waals surface area contributed by atoms with E-state index in [1.807, 2.05) is 13.0 Å². The van der Waals surface area contributed by atoms with Gasteiger partial charge in [0.1, 0.15) is 0 Å². The van der Waals surface area contributed by atoms with Gasteiger partial charge < -0.3 is 14.8 Å². The van der Waals surface area contributed by atoms with Gasteiger partial charge in [0.05, 0.1) is 5.02 Å². The maximum Gasteiger partial charge on any atom is 0.231 e. The number of hydrogen-bond acceptors (Lipinski definition) is 3. The molecule has 2 aliphatic heterocycles. The zero-order valence-corrected chi connectivity index (χ0v) is 9.93. The van der Waals surface area contributed by atoms with Crippen LogP contribution >= 0.6 is 11.6 Å². The van der Waals surface area contributed by atoms with E-state index in [1.165, 1.54) is 5.56 Å². The average molecular weight is 240 g/mol. The molecule has 1 aromatic rings. The van der Waals surface area contributed by atoms with Gasteiger partial charge >= 0.3 is 0 Å². The van der Waals surface area contributed by atoms with E-state index < -0.39 is 0 Å². The lowest BCUT2D eigenvalue weighted by molar-refractivity contribution is 0.173. The summed E-state index contributed by atoms with van der Waals surface area (Å²) in [5, 5.41) is 4.19. The molecular weight excluding hydrogens is 226 g/mol. The Hall–Kier alpha value is -0.930. The fraction of sp³-hybridized carbons (Fsp3) is 0.500. The van der Waals surface area contributed by atoms with Crippen LogP contribution in [0.5, 0.6) is 11.5 Å². The van der Waals surface area contributed by atoms with Gasteiger partial charge in [0.25, 0.3) is 0 Å². The summed E-state index contributed by atoms with van der Waals surface area (Å²) in [5.74, 6) is 2.14. The normalized spacial score (nSPS) is 22.8. The number of benzene rings is 1. The molecule has 86 valence electrons. The molecule has 16 heavy (non-hydrogen) atoms. The molecule has 2 heterocycles. The van der Waals surface area contributed by atoms with E-state index in [-0.39, 0.29) is 0 Å². The lowest BCUT2D eigenvalue weighted by Gasteiger charge is -2.14. The van der Waals surface area contributed by atoms with E-state index in [9.17, 15) is 0 Å². The number of fused-ring (bicyclic) bond motifs is 1. The summed E-state index contributed by atoms with van der Waals surface area (Å²) in [6.07, 6.45) is 1.14. The molecule has 3 nitrogen and oxygen atoms in total. The van der Waals surface area contributed by atoms with Crippen molar-refractivity contribution in [3.05, 3.63) is 22.2 Å². The number of halogens is 1. The zero-order valence-electron chi connectivity index (χ0n) is 9.18. The summed E-state index contributed by atoms with van der Waals surface area (Å²) < 4.78 is 10.8. The number of nitrogens with one attached hydrogen (secondary N) is 1. The Kier molecular flexibility index (Phi) is 2.45. The number of ether oxygens (including phenoxy) is 2. The van der Waals surface area contributed by atoms with Crippen LogP contribution in [0.3, 0.4) is 0 Å². The average Bonchev–Trinajstić information content (AvgIpc) is 2.92. The van der Waals surface area contributed by atoms with Gasteiger partial charge in [-0.2, -0.15) is 0 Å².